The van der Waals surface area contributed by atoms with Crippen molar-refractivity contribution in [3.63, 3.8) is 0 Å². The zero-order valence-corrected chi connectivity index (χ0v) is 12.9. The monoisotopic (exact) mass is 263 g/mol. The fourth-order valence-electron chi connectivity index (χ4n) is 2.30. The van der Waals surface area contributed by atoms with Crippen LogP contribution in [0.25, 0.3) is 0 Å². The van der Waals surface area contributed by atoms with E-state index in [9.17, 15) is 0 Å². The highest BCUT2D eigenvalue weighted by molar-refractivity contribution is 5.29. The summed E-state index contributed by atoms with van der Waals surface area (Å²) in [5.74, 6) is 2.29. The summed E-state index contributed by atoms with van der Waals surface area (Å²) >= 11 is 0. The molecule has 0 aliphatic heterocycles. The average molecular weight is 263 g/mol. The van der Waals surface area contributed by atoms with E-state index in [1.807, 2.05) is 13.8 Å². The lowest BCUT2D eigenvalue weighted by molar-refractivity contribution is 0.242. The number of hydrogen-bond acceptors (Lipinski definition) is 2. The molecule has 0 saturated heterocycles. The van der Waals surface area contributed by atoms with Crippen LogP contribution in [0, 0.1) is 5.92 Å². The Bertz CT molecular complexity index is 343. The van der Waals surface area contributed by atoms with Crippen molar-refractivity contribution in [1.82, 2.24) is 0 Å². The largest absolute Gasteiger partial charge is 0.491 e. The zero-order valence-electron chi connectivity index (χ0n) is 12.9. The minimum atomic E-state index is 0.228. The van der Waals surface area contributed by atoms with Gasteiger partial charge in [0, 0.05) is 0 Å². The average Bonchev–Trinajstić information content (AvgIpc) is 2.34. The van der Waals surface area contributed by atoms with Crippen molar-refractivity contribution in [3.8, 4) is 5.75 Å². The molecule has 0 amide bonds. The number of ether oxygens (including phenoxy) is 1. The molecule has 0 heterocycles. The summed E-state index contributed by atoms with van der Waals surface area (Å²) in [6.07, 6.45) is 3.78. The summed E-state index contributed by atoms with van der Waals surface area (Å²) < 4.78 is 5.68. The Hall–Kier alpha value is -1.02. The van der Waals surface area contributed by atoms with Gasteiger partial charge in [-0.05, 0) is 62.8 Å². The standard InChI is InChI=1S/C17H29NO/c1-13(2)5-6-16(11-12-18)15-7-9-17(10-8-15)19-14(3)4/h7-10,13-14,16H,5-6,11-12,18H2,1-4H3/t16-/m1/s1. The molecule has 1 rings (SSSR count). The van der Waals surface area contributed by atoms with Gasteiger partial charge in [-0.3, -0.25) is 0 Å². The zero-order chi connectivity index (χ0) is 14.3. The Morgan fingerprint density at radius 1 is 0.947 bits per heavy atom. The van der Waals surface area contributed by atoms with Crippen LogP contribution in [0.15, 0.2) is 24.3 Å². The maximum absolute atomic E-state index is 5.74. The van der Waals surface area contributed by atoms with E-state index in [1.54, 1.807) is 0 Å². The van der Waals surface area contributed by atoms with Crippen LogP contribution in [-0.4, -0.2) is 12.6 Å². The summed E-state index contributed by atoms with van der Waals surface area (Å²) in [5, 5.41) is 0. The molecule has 2 heteroatoms. The van der Waals surface area contributed by atoms with Crippen LogP contribution in [-0.2, 0) is 0 Å². The molecule has 0 unspecified atom stereocenters. The fraction of sp³-hybridized carbons (Fsp3) is 0.647. The molecule has 0 radical (unpaired) electrons. The molecule has 1 aromatic carbocycles. The highest BCUT2D eigenvalue weighted by atomic mass is 16.5. The maximum Gasteiger partial charge on any atom is 0.119 e. The van der Waals surface area contributed by atoms with Crippen molar-refractivity contribution in [2.45, 2.75) is 59.0 Å². The quantitative estimate of drug-likeness (QED) is 0.757. The Balaban J connectivity index is 2.67. The fourth-order valence-corrected chi connectivity index (χ4v) is 2.30. The molecule has 1 aromatic rings. The first-order valence-electron chi connectivity index (χ1n) is 7.49. The van der Waals surface area contributed by atoms with Gasteiger partial charge in [0.15, 0.2) is 0 Å². The van der Waals surface area contributed by atoms with Crippen molar-refractivity contribution < 1.29 is 4.74 Å². The number of rotatable bonds is 8. The van der Waals surface area contributed by atoms with Gasteiger partial charge in [0.2, 0.25) is 0 Å². The Morgan fingerprint density at radius 3 is 2.05 bits per heavy atom. The molecule has 0 aliphatic carbocycles. The highest BCUT2D eigenvalue weighted by Gasteiger charge is 2.12. The minimum Gasteiger partial charge on any atom is -0.491 e. The Morgan fingerprint density at radius 2 is 1.58 bits per heavy atom. The minimum absolute atomic E-state index is 0.228. The van der Waals surface area contributed by atoms with Gasteiger partial charge in [0.05, 0.1) is 6.10 Å². The molecule has 1 atom stereocenters. The van der Waals surface area contributed by atoms with E-state index in [0.717, 1.165) is 24.6 Å². The van der Waals surface area contributed by atoms with Gasteiger partial charge in [0.1, 0.15) is 5.75 Å². The Kier molecular flexibility index (Phi) is 6.93. The van der Waals surface area contributed by atoms with E-state index in [-0.39, 0.29) is 6.10 Å². The number of benzene rings is 1. The number of hydrogen-bond donors (Lipinski definition) is 1. The van der Waals surface area contributed by atoms with Crippen LogP contribution in [0.1, 0.15) is 58.4 Å². The van der Waals surface area contributed by atoms with Crippen molar-refractivity contribution in [2.24, 2.45) is 11.7 Å². The van der Waals surface area contributed by atoms with E-state index < -0.39 is 0 Å². The lowest BCUT2D eigenvalue weighted by Gasteiger charge is -2.18. The normalized spacial score (nSPS) is 13.0. The SMILES string of the molecule is CC(C)CC[C@H](CCN)c1ccc(OC(C)C)cc1. The highest BCUT2D eigenvalue weighted by Crippen LogP contribution is 2.28. The third kappa shape index (κ3) is 6.11. The van der Waals surface area contributed by atoms with Crippen molar-refractivity contribution in [3.05, 3.63) is 29.8 Å². The summed E-state index contributed by atoms with van der Waals surface area (Å²) in [6.45, 7) is 9.41. The van der Waals surface area contributed by atoms with Crippen LogP contribution in [0.3, 0.4) is 0 Å². The summed E-state index contributed by atoms with van der Waals surface area (Å²) in [7, 11) is 0. The molecule has 2 nitrogen and oxygen atoms in total. The van der Waals surface area contributed by atoms with Gasteiger partial charge in [-0.15, -0.1) is 0 Å². The molecule has 0 spiro atoms. The summed E-state index contributed by atoms with van der Waals surface area (Å²) in [4.78, 5) is 0. The lowest BCUT2D eigenvalue weighted by Crippen LogP contribution is -2.09. The van der Waals surface area contributed by atoms with Crippen LogP contribution < -0.4 is 10.5 Å². The van der Waals surface area contributed by atoms with Crippen molar-refractivity contribution in [2.75, 3.05) is 6.54 Å². The van der Waals surface area contributed by atoms with Crippen LogP contribution >= 0.6 is 0 Å². The van der Waals surface area contributed by atoms with Crippen molar-refractivity contribution in [1.29, 1.82) is 0 Å². The molecule has 0 fully saturated rings. The molecular weight excluding hydrogens is 234 g/mol. The van der Waals surface area contributed by atoms with Gasteiger partial charge >= 0.3 is 0 Å². The first-order chi connectivity index (χ1) is 9.02. The molecular formula is C17H29NO. The van der Waals surface area contributed by atoms with Gasteiger partial charge in [-0.25, -0.2) is 0 Å². The predicted octanol–water partition coefficient (Wildman–Crippen LogP) is 4.34. The van der Waals surface area contributed by atoms with E-state index in [1.165, 1.54) is 18.4 Å². The lowest BCUT2D eigenvalue weighted by atomic mass is 9.89. The molecule has 0 bridgehead atoms. The third-order valence-electron chi connectivity index (χ3n) is 3.33. The molecule has 0 aliphatic rings. The van der Waals surface area contributed by atoms with Crippen LogP contribution in [0.2, 0.25) is 0 Å². The smallest absolute Gasteiger partial charge is 0.119 e. The number of nitrogens with two attached hydrogens (primary N) is 1. The topological polar surface area (TPSA) is 35.2 Å². The van der Waals surface area contributed by atoms with Gasteiger partial charge in [0.25, 0.3) is 0 Å². The summed E-state index contributed by atoms with van der Waals surface area (Å²) in [5.41, 5.74) is 7.14. The van der Waals surface area contributed by atoms with E-state index in [0.29, 0.717) is 5.92 Å². The summed E-state index contributed by atoms with van der Waals surface area (Å²) in [6, 6.07) is 8.54. The van der Waals surface area contributed by atoms with E-state index in [2.05, 4.69) is 38.1 Å². The van der Waals surface area contributed by atoms with E-state index >= 15 is 0 Å². The predicted molar refractivity (Wildman–Crippen MR) is 82.7 cm³/mol. The second-order valence-corrected chi connectivity index (χ2v) is 5.98. The van der Waals surface area contributed by atoms with Gasteiger partial charge < -0.3 is 10.5 Å². The first-order valence-corrected chi connectivity index (χ1v) is 7.49. The molecule has 19 heavy (non-hydrogen) atoms. The molecule has 0 saturated carbocycles. The Labute approximate surface area is 118 Å². The maximum atomic E-state index is 5.74. The van der Waals surface area contributed by atoms with Crippen LogP contribution in [0.5, 0.6) is 5.75 Å². The van der Waals surface area contributed by atoms with Crippen molar-refractivity contribution >= 4 is 0 Å². The second kappa shape index (κ2) is 8.21. The second-order valence-electron chi connectivity index (χ2n) is 5.98. The molecule has 2 N–H and O–H groups in total. The van der Waals surface area contributed by atoms with Crippen LogP contribution in [0.4, 0.5) is 0 Å². The third-order valence-corrected chi connectivity index (χ3v) is 3.33. The van der Waals surface area contributed by atoms with Gasteiger partial charge in [-0.1, -0.05) is 32.4 Å². The first kappa shape index (κ1) is 16.0. The molecule has 108 valence electrons. The van der Waals surface area contributed by atoms with Gasteiger partial charge in [-0.2, -0.15) is 0 Å². The van der Waals surface area contributed by atoms with E-state index in [4.69, 9.17) is 10.5 Å². The molecule has 0 aromatic heterocycles.